The molecule has 0 unspecified atom stereocenters. The van der Waals surface area contributed by atoms with E-state index in [0.717, 1.165) is 24.2 Å². The molecule has 0 amide bonds. The summed E-state index contributed by atoms with van der Waals surface area (Å²) in [5.41, 5.74) is 1.25. The number of aromatic nitrogens is 2. The van der Waals surface area contributed by atoms with E-state index in [-0.39, 0.29) is 23.0 Å². The summed E-state index contributed by atoms with van der Waals surface area (Å²) < 4.78 is 11.1. The van der Waals surface area contributed by atoms with Crippen LogP contribution in [0, 0.1) is 10.1 Å². The maximum Gasteiger partial charge on any atom is 0.349 e. The van der Waals surface area contributed by atoms with Crippen LogP contribution in [0.25, 0.3) is 33.9 Å². The molecule has 0 saturated heterocycles. The summed E-state index contributed by atoms with van der Waals surface area (Å²) in [6, 6.07) is 13.1. The molecule has 30 heavy (non-hydrogen) atoms. The number of hydrogen-bond acceptors (Lipinski definition) is 8. The van der Waals surface area contributed by atoms with Gasteiger partial charge in [-0.1, -0.05) is 6.07 Å². The Kier molecular flexibility index (Phi) is 5.01. The van der Waals surface area contributed by atoms with Gasteiger partial charge in [-0.15, -0.1) is 10.2 Å². The highest BCUT2D eigenvalue weighted by Gasteiger charge is 2.18. The summed E-state index contributed by atoms with van der Waals surface area (Å²) in [5.74, 6) is 0.0602. The van der Waals surface area contributed by atoms with Gasteiger partial charge < -0.3 is 13.7 Å². The lowest BCUT2D eigenvalue weighted by Crippen LogP contribution is -2.21. The normalized spacial score (nSPS) is 11.0. The van der Waals surface area contributed by atoms with Gasteiger partial charge in [0.15, 0.2) is 0 Å². The van der Waals surface area contributed by atoms with Gasteiger partial charge in [-0.25, -0.2) is 4.79 Å². The molecular formula is C21H18N4O5. The molecule has 2 heterocycles. The molecule has 0 atom stereocenters. The lowest BCUT2D eigenvalue weighted by atomic mass is 10.1. The molecule has 0 spiro atoms. The zero-order valence-electron chi connectivity index (χ0n) is 16.4. The number of anilines is 1. The van der Waals surface area contributed by atoms with Crippen molar-refractivity contribution >= 4 is 22.3 Å². The Morgan fingerprint density at radius 2 is 1.77 bits per heavy atom. The Bertz CT molecular complexity index is 1290. The lowest BCUT2D eigenvalue weighted by Gasteiger charge is -2.20. The molecule has 4 aromatic rings. The average Bonchev–Trinajstić information content (AvgIpc) is 3.24. The van der Waals surface area contributed by atoms with E-state index in [1.807, 2.05) is 18.2 Å². The fourth-order valence-electron chi connectivity index (χ4n) is 3.24. The van der Waals surface area contributed by atoms with Crippen molar-refractivity contribution in [2.75, 3.05) is 18.0 Å². The zero-order chi connectivity index (χ0) is 21.3. The van der Waals surface area contributed by atoms with Gasteiger partial charge in [0.2, 0.25) is 5.89 Å². The van der Waals surface area contributed by atoms with Crippen molar-refractivity contribution in [3.05, 3.63) is 69.1 Å². The maximum atomic E-state index is 12.5. The minimum Gasteiger partial charge on any atom is -0.422 e. The summed E-state index contributed by atoms with van der Waals surface area (Å²) in [6.07, 6.45) is 0. The van der Waals surface area contributed by atoms with E-state index in [0.29, 0.717) is 11.1 Å². The van der Waals surface area contributed by atoms with E-state index in [1.165, 1.54) is 18.2 Å². The van der Waals surface area contributed by atoms with Gasteiger partial charge in [-0.3, -0.25) is 10.1 Å². The Morgan fingerprint density at radius 1 is 1.00 bits per heavy atom. The molecular weight excluding hydrogens is 388 g/mol. The van der Waals surface area contributed by atoms with Crippen molar-refractivity contribution < 1.29 is 13.8 Å². The van der Waals surface area contributed by atoms with Crippen LogP contribution < -0.4 is 10.5 Å². The number of benzene rings is 2. The van der Waals surface area contributed by atoms with E-state index >= 15 is 0 Å². The number of nitro groups is 1. The van der Waals surface area contributed by atoms with Crippen LogP contribution in [0.5, 0.6) is 0 Å². The van der Waals surface area contributed by atoms with Crippen LogP contribution in [0.3, 0.4) is 0 Å². The molecule has 9 nitrogen and oxygen atoms in total. The topological polar surface area (TPSA) is 116 Å². The Balaban J connectivity index is 1.73. The van der Waals surface area contributed by atoms with Crippen molar-refractivity contribution in [2.24, 2.45) is 0 Å². The van der Waals surface area contributed by atoms with Crippen LogP contribution in [0.2, 0.25) is 0 Å². The maximum absolute atomic E-state index is 12.5. The van der Waals surface area contributed by atoms with Gasteiger partial charge in [0.25, 0.3) is 11.6 Å². The predicted octanol–water partition coefficient (Wildman–Crippen LogP) is 4.26. The molecule has 152 valence electrons. The minimum absolute atomic E-state index is 0.0139. The highest BCUT2D eigenvalue weighted by Crippen LogP contribution is 2.28. The number of hydrogen-bond donors (Lipinski definition) is 0. The molecule has 0 aliphatic rings. The Morgan fingerprint density at radius 3 is 2.50 bits per heavy atom. The quantitative estimate of drug-likeness (QED) is 0.265. The summed E-state index contributed by atoms with van der Waals surface area (Å²) in [5, 5.41) is 19.5. The monoisotopic (exact) mass is 406 g/mol. The minimum atomic E-state index is -0.603. The van der Waals surface area contributed by atoms with Crippen LogP contribution in [0.4, 0.5) is 11.4 Å². The van der Waals surface area contributed by atoms with Crippen molar-refractivity contribution in [1.82, 2.24) is 10.2 Å². The fraction of sp³-hybridized carbons (Fsp3) is 0.190. The van der Waals surface area contributed by atoms with Crippen LogP contribution >= 0.6 is 0 Å². The van der Waals surface area contributed by atoms with Gasteiger partial charge in [0.05, 0.1) is 4.92 Å². The summed E-state index contributed by atoms with van der Waals surface area (Å²) in [6.45, 7) is 5.79. The van der Waals surface area contributed by atoms with Crippen molar-refractivity contribution in [2.45, 2.75) is 13.8 Å². The van der Waals surface area contributed by atoms with Crippen molar-refractivity contribution in [1.29, 1.82) is 0 Å². The Labute approximate surface area is 170 Å². The third-order valence-corrected chi connectivity index (χ3v) is 4.81. The molecule has 9 heteroatoms. The smallest absolute Gasteiger partial charge is 0.349 e. The van der Waals surface area contributed by atoms with Crippen molar-refractivity contribution in [3.63, 3.8) is 0 Å². The highest BCUT2D eigenvalue weighted by atomic mass is 16.6. The standard InChI is InChI=1S/C21H18N4O5/c1-3-24(4-2)15-9-8-13-11-17(21(26)29-18(13)12-15)20-23-22-19(30-20)14-6-5-7-16(10-14)25(27)28/h5-12H,3-4H2,1-2H3. The number of nitro benzene ring substituents is 1. The van der Waals surface area contributed by atoms with Crippen LogP contribution in [-0.4, -0.2) is 28.2 Å². The van der Waals surface area contributed by atoms with Crippen LogP contribution in [-0.2, 0) is 0 Å². The predicted molar refractivity (Wildman–Crippen MR) is 111 cm³/mol. The Hall–Kier alpha value is -4.01. The number of fused-ring (bicyclic) bond motifs is 1. The molecule has 0 fully saturated rings. The second-order valence-electron chi connectivity index (χ2n) is 6.56. The van der Waals surface area contributed by atoms with Gasteiger partial charge >= 0.3 is 5.63 Å². The third-order valence-electron chi connectivity index (χ3n) is 4.81. The van der Waals surface area contributed by atoms with E-state index in [2.05, 4.69) is 28.9 Å². The van der Waals surface area contributed by atoms with Crippen molar-refractivity contribution in [3.8, 4) is 22.9 Å². The summed E-state index contributed by atoms with van der Waals surface area (Å²) in [7, 11) is 0. The zero-order valence-corrected chi connectivity index (χ0v) is 16.4. The SMILES string of the molecule is CCN(CC)c1ccc2cc(-c3nnc(-c4cccc([N+](=O)[O-])c4)o3)c(=O)oc2c1. The highest BCUT2D eigenvalue weighted by molar-refractivity contribution is 5.83. The van der Waals surface area contributed by atoms with Crippen LogP contribution in [0.1, 0.15) is 13.8 Å². The molecule has 0 saturated carbocycles. The van der Waals surface area contributed by atoms with Gasteiger partial charge in [0.1, 0.15) is 11.1 Å². The first kappa shape index (κ1) is 19.3. The third kappa shape index (κ3) is 3.52. The second kappa shape index (κ2) is 7.78. The molecule has 0 aliphatic heterocycles. The molecule has 0 bridgehead atoms. The first-order valence-corrected chi connectivity index (χ1v) is 9.41. The summed E-state index contributed by atoms with van der Waals surface area (Å²) in [4.78, 5) is 25.2. The average molecular weight is 406 g/mol. The molecule has 0 N–H and O–H groups in total. The van der Waals surface area contributed by atoms with Gasteiger partial charge in [0, 0.05) is 47.9 Å². The van der Waals surface area contributed by atoms with E-state index in [1.54, 1.807) is 12.1 Å². The van der Waals surface area contributed by atoms with E-state index < -0.39 is 10.5 Å². The van der Waals surface area contributed by atoms with Gasteiger partial charge in [-0.05, 0) is 38.1 Å². The van der Waals surface area contributed by atoms with Gasteiger partial charge in [-0.2, -0.15) is 0 Å². The molecule has 2 aromatic carbocycles. The lowest BCUT2D eigenvalue weighted by molar-refractivity contribution is -0.384. The fourth-order valence-corrected chi connectivity index (χ4v) is 3.24. The largest absolute Gasteiger partial charge is 0.422 e. The summed E-state index contributed by atoms with van der Waals surface area (Å²) >= 11 is 0. The molecule has 0 radical (unpaired) electrons. The number of non-ortho nitro benzene ring substituents is 1. The van der Waals surface area contributed by atoms with E-state index in [4.69, 9.17) is 8.83 Å². The first-order valence-electron chi connectivity index (χ1n) is 9.41. The molecule has 0 aliphatic carbocycles. The second-order valence-corrected chi connectivity index (χ2v) is 6.56. The van der Waals surface area contributed by atoms with E-state index in [9.17, 15) is 14.9 Å². The number of nitrogens with zero attached hydrogens (tertiary/aromatic N) is 4. The molecule has 2 aromatic heterocycles. The molecule has 4 rings (SSSR count). The van der Waals surface area contributed by atoms with Crippen LogP contribution in [0.15, 0.2) is 62.2 Å². The number of rotatable bonds is 6. The first-order chi connectivity index (χ1) is 14.5.